The molecule has 0 saturated carbocycles. The standard InChI is InChI=1S/C22H33N3O4.CH2O2/c1-3-10-23-21(26)22(27-2)8-13-25(14-9-22)17-6-11-24(12-7-17)18-4-5-19-20(15-18)29-16-28-19;2-1-3/h4-5,15,17H,3,6-14,16H2,1-2H3,(H,23,26);1H,(H,2,3). The van der Waals surface area contributed by atoms with Crippen LogP contribution in [0.1, 0.15) is 39.0 Å². The van der Waals surface area contributed by atoms with Crippen LogP contribution in [-0.4, -0.2) is 80.7 Å². The Balaban J connectivity index is 0.000000913. The first-order valence-electron chi connectivity index (χ1n) is 11.4. The van der Waals surface area contributed by atoms with Crippen molar-refractivity contribution in [3.63, 3.8) is 0 Å². The molecule has 2 fully saturated rings. The third-order valence-electron chi connectivity index (χ3n) is 6.65. The number of anilines is 1. The second-order valence-electron chi connectivity index (χ2n) is 8.35. The minimum absolute atomic E-state index is 0.0547. The van der Waals surface area contributed by atoms with Crippen LogP contribution >= 0.6 is 0 Å². The summed E-state index contributed by atoms with van der Waals surface area (Å²) in [5, 5.41) is 9.91. The maximum atomic E-state index is 12.6. The average Bonchev–Trinajstić information content (AvgIpc) is 3.31. The van der Waals surface area contributed by atoms with Gasteiger partial charge in [-0.25, -0.2) is 0 Å². The highest BCUT2D eigenvalue weighted by Gasteiger charge is 2.42. The van der Waals surface area contributed by atoms with Crippen LogP contribution in [0.3, 0.4) is 0 Å². The van der Waals surface area contributed by atoms with Crippen LogP contribution in [0, 0.1) is 0 Å². The molecular weight excluding hydrogens is 414 g/mol. The van der Waals surface area contributed by atoms with E-state index in [-0.39, 0.29) is 12.4 Å². The second kappa shape index (κ2) is 11.4. The highest BCUT2D eigenvalue weighted by Crippen LogP contribution is 2.37. The number of likely N-dealkylation sites (tertiary alicyclic amines) is 1. The fraction of sp³-hybridized carbons (Fsp3) is 0.652. The Hall–Kier alpha value is -2.52. The van der Waals surface area contributed by atoms with Gasteiger partial charge in [-0.2, -0.15) is 0 Å². The van der Waals surface area contributed by atoms with E-state index < -0.39 is 5.60 Å². The molecule has 0 unspecified atom stereocenters. The number of nitrogens with zero attached hydrogens (tertiary/aromatic N) is 2. The van der Waals surface area contributed by atoms with Crippen molar-refractivity contribution in [1.29, 1.82) is 0 Å². The predicted molar refractivity (Wildman–Crippen MR) is 120 cm³/mol. The third-order valence-corrected chi connectivity index (χ3v) is 6.65. The number of nitrogens with one attached hydrogen (secondary N) is 1. The van der Waals surface area contributed by atoms with Crippen LogP contribution in [0.15, 0.2) is 18.2 Å². The monoisotopic (exact) mass is 449 g/mol. The van der Waals surface area contributed by atoms with Gasteiger partial charge in [0.2, 0.25) is 6.79 Å². The molecule has 0 spiro atoms. The Morgan fingerprint density at radius 3 is 2.50 bits per heavy atom. The molecule has 9 heteroatoms. The number of amides is 1. The summed E-state index contributed by atoms with van der Waals surface area (Å²) < 4.78 is 16.6. The summed E-state index contributed by atoms with van der Waals surface area (Å²) in [5.41, 5.74) is 0.552. The van der Waals surface area contributed by atoms with Crippen molar-refractivity contribution in [3.05, 3.63) is 18.2 Å². The van der Waals surface area contributed by atoms with E-state index in [4.69, 9.17) is 24.1 Å². The molecule has 0 bridgehead atoms. The number of rotatable bonds is 6. The molecule has 2 saturated heterocycles. The normalized spacial score (nSPS) is 20.2. The highest BCUT2D eigenvalue weighted by atomic mass is 16.7. The molecular formula is C23H35N3O6. The largest absolute Gasteiger partial charge is 0.483 e. The Bertz CT molecular complexity index is 758. The van der Waals surface area contributed by atoms with Gasteiger partial charge < -0.3 is 34.4 Å². The lowest BCUT2D eigenvalue weighted by Crippen LogP contribution is -2.57. The van der Waals surface area contributed by atoms with Crippen molar-refractivity contribution in [2.75, 3.05) is 51.5 Å². The highest BCUT2D eigenvalue weighted by molar-refractivity contribution is 5.85. The Morgan fingerprint density at radius 1 is 1.22 bits per heavy atom. The third kappa shape index (κ3) is 5.45. The van der Waals surface area contributed by atoms with E-state index in [1.54, 1.807) is 7.11 Å². The first kappa shape index (κ1) is 24.1. The molecule has 3 aliphatic heterocycles. The van der Waals surface area contributed by atoms with Crippen LogP contribution < -0.4 is 19.7 Å². The Morgan fingerprint density at radius 2 is 1.88 bits per heavy atom. The van der Waals surface area contributed by atoms with Crippen LogP contribution in [0.4, 0.5) is 5.69 Å². The van der Waals surface area contributed by atoms with Gasteiger partial charge in [0, 0.05) is 57.6 Å². The van der Waals surface area contributed by atoms with E-state index in [1.807, 2.05) is 6.07 Å². The van der Waals surface area contributed by atoms with E-state index in [9.17, 15) is 4.79 Å². The SMILES string of the molecule is CCCNC(=O)C1(OC)CCN(C2CCN(c3ccc4c(c3)OCO4)CC2)CC1.O=CO. The topological polar surface area (TPSA) is 101 Å². The molecule has 3 aliphatic rings. The van der Waals surface area contributed by atoms with Gasteiger partial charge in [-0.3, -0.25) is 9.59 Å². The minimum atomic E-state index is -0.654. The molecule has 1 aromatic carbocycles. The zero-order chi connectivity index (χ0) is 23.0. The number of fused-ring (bicyclic) bond motifs is 1. The lowest BCUT2D eigenvalue weighted by molar-refractivity contribution is -0.150. The summed E-state index contributed by atoms with van der Waals surface area (Å²) in [7, 11) is 1.67. The summed E-state index contributed by atoms with van der Waals surface area (Å²) >= 11 is 0. The van der Waals surface area contributed by atoms with Gasteiger partial charge in [-0.15, -0.1) is 0 Å². The fourth-order valence-corrected chi connectivity index (χ4v) is 4.74. The number of benzene rings is 1. The van der Waals surface area contributed by atoms with E-state index >= 15 is 0 Å². The number of ether oxygens (including phenoxy) is 3. The maximum Gasteiger partial charge on any atom is 0.290 e. The van der Waals surface area contributed by atoms with Crippen LogP contribution in [0.5, 0.6) is 11.5 Å². The zero-order valence-corrected chi connectivity index (χ0v) is 19.0. The smallest absolute Gasteiger partial charge is 0.290 e. The quantitative estimate of drug-likeness (QED) is 0.637. The first-order chi connectivity index (χ1) is 15.6. The van der Waals surface area contributed by atoms with Crippen molar-refractivity contribution in [2.24, 2.45) is 0 Å². The molecule has 9 nitrogen and oxygen atoms in total. The molecule has 4 rings (SSSR count). The number of hydrogen-bond donors (Lipinski definition) is 2. The Kier molecular flexibility index (Phi) is 8.58. The number of hydrogen-bond acceptors (Lipinski definition) is 7. The van der Waals surface area contributed by atoms with Gasteiger partial charge in [0.25, 0.3) is 12.4 Å². The average molecular weight is 450 g/mol. The van der Waals surface area contributed by atoms with Gasteiger partial charge >= 0.3 is 0 Å². The summed E-state index contributed by atoms with van der Waals surface area (Å²) in [4.78, 5) is 25.9. The van der Waals surface area contributed by atoms with Gasteiger partial charge in [0.1, 0.15) is 5.60 Å². The van der Waals surface area contributed by atoms with E-state index in [1.165, 1.54) is 5.69 Å². The van der Waals surface area contributed by atoms with Gasteiger partial charge in [0.05, 0.1) is 0 Å². The van der Waals surface area contributed by atoms with E-state index in [0.717, 1.165) is 69.8 Å². The fourth-order valence-electron chi connectivity index (χ4n) is 4.74. The minimum Gasteiger partial charge on any atom is -0.483 e. The van der Waals surface area contributed by atoms with Gasteiger partial charge in [0.15, 0.2) is 11.5 Å². The number of carbonyl (C=O) groups excluding carboxylic acids is 1. The zero-order valence-electron chi connectivity index (χ0n) is 19.0. The molecule has 0 atom stereocenters. The van der Waals surface area contributed by atoms with Crippen LogP contribution in [-0.2, 0) is 14.3 Å². The van der Waals surface area contributed by atoms with Gasteiger partial charge in [-0.1, -0.05) is 6.92 Å². The molecule has 0 aliphatic carbocycles. The molecule has 2 N–H and O–H groups in total. The number of carboxylic acid groups (broad SMARTS) is 1. The van der Waals surface area contributed by atoms with Crippen molar-refractivity contribution >= 4 is 18.1 Å². The molecule has 0 aromatic heterocycles. The second-order valence-corrected chi connectivity index (χ2v) is 8.35. The molecule has 3 heterocycles. The van der Waals surface area contributed by atoms with Crippen molar-refractivity contribution in [1.82, 2.24) is 10.2 Å². The van der Waals surface area contributed by atoms with Crippen molar-refractivity contribution < 1.29 is 28.9 Å². The predicted octanol–water partition coefficient (Wildman–Crippen LogP) is 2.09. The van der Waals surface area contributed by atoms with Crippen LogP contribution in [0.25, 0.3) is 0 Å². The summed E-state index contributed by atoms with van der Waals surface area (Å²) in [5.74, 6) is 1.73. The molecule has 1 aromatic rings. The summed E-state index contributed by atoms with van der Waals surface area (Å²) in [6, 6.07) is 6.79. The van der Waals surface area contributed by atoms with Crippen molar-refractivity contribution in [3.8, 4) is 11.5 Å². The molecule has 32 heavy (non-hydrogen) atoms. The van der Waals surface area contributed by atoms with E-state index in [2.05, 4.69) is 34.2 Å². The lowest BCUT2D eigenvalue weighted by Gasteiger charge is -2.45. The first-order valence-corrected chi connectivity index (χ1v) is 11.4. The summed E-state index contributed by atoms with van der Waals surface area (Å²) in [6.07, 6.45) is 4.75. The summed E-state index contributed by atoms with van der Waals surface area (Å²) in [6.45, 7) is 6.75. The Labute approximate surface area is 189 Å². The molecule has 178 valence electrons. The number of carbonyl (C=O) groups is 2. The number of methoxy groups -OCH3 is 1. The molecule has 1 amide bonds. The number of piperidine rings is 2. The lowest BCUT2D eigenvalue weighted by atomic mass is 9.88. The van der Waals surface area contributed by atoms with E-state index in [0.29, 0.717) is 19.4 Å². The van der Waals surface area contributed by atoms with Gasteiger partial charge in [-0.05, 0) is 44.2 Å². The molecule has 0 radical (unpaired) electrons. The van der Waals surface area contributed by atoms with Crippen molar-refractivity contribution in [2.45, 2.75) is 50.7 Å². The maximum absolute atomic E-state index is 12.6. The van der Waals surface area contributed by atoms with Crippen LogP contribution in [0.2, 0.25) is 0 Å².